The molecule has 5 heteroatoms. The number of nitrogens with zero attached hydrogens (tertiary/aromatic N) is 1. The van der Waals surface area contributed by atoms with Gasteiger partial charge in [-0.25, -0.2) is 4.98 Å². The highest BCUT2D eigenvalue weighted by Crippen LogP contribution is 2.26. The van der Waals surface area contributed by atoms with Gasteiger partial charge in [0.2, 0.25) is 0 Å². The highest BCUT2D eigenvalue weighted by Gasteiger charge is 2.08. The number of carboxylic acids is 1. The summed E-state index contributed by atoms with van der Waals surface area (Å²) in [5.41, 5.74) is 1.95. The summed E-state index contributed by atoms with van der Waals surface area (Å²) in [7, 11) is 0. The van der Waals surface area contributed by atoms with Crippen molar-refractivity contribution in [3.63, 3.8) is 0 Å². The smallest absolute Gasteiger partial charge is 0.310 e. The van der Waals surface area contributed by atoms with Gasteiger partial charge >= 0.3 is 5.97 Å². The second-order valence-corrected chi connectivity index (χ2v) is 5.20. The topological polar surface area (TPSA) is 50.2 Å². The predicted molar refractivity (Wildman–Crippen MR) is 61.5 cm³/mol. The van der Waals surface area contributed by atoms with Crippen LogP contribution in [0.2, 0.25) is 0 Å². The first-order valence-corrected chi connectivity index (χ1v) is 6.13. The van der Waals surface area contributed by atoms with E-state index in [0.29, 0.717) is 5.01 Å². The number of hydrogen-bond acceptors (Lipinski definition) is 4. The van der Waals surface area contributed by atoms with Gasteiger partial charge in [0.1, 0.15) is 5.01 Å². The highest BCUT2D eigenvalue weighted by molar-refractivity contribution is 7.11. The van der Waals surface area contributed by atoms with Crippen molar-refractivity contribution >= 4 is 28.6 Å². The van der Waals surface area contributed by atoms with Gasteiger partial charge in [0, 0.05) is 21.2 Å². The highest BCUT2D eigenvalue weighted by atomic mass is 32.1. The van der Waals surface area contributed by atoms with Crippen molar-refractivity contribution in [2.75, 3.05) is 0 Å². The Hall–Kier alpha value is -1.20. The molecule has 0 spiro atoms. The molecule has 0 aliphatic carbocycles. The van der Waals surface area contributed by atoms with Crippen molar-refractivity contribution in [3.8, 4) is 11.3 Å². The van der Waals surface area contributed by atoms with Gasteiger partial charge in [0.05, 0.1) is 12.1 Å². The van der Waals surface area contributed by atoms with E-state index in [9.17, 15) is 4.79 Å². The first kappa shape index (κ1) is 10.3. The van der Waals surface area contributed by atoms with E-state index in [1.165, 1.54) is 16.2 Å². The molecule has 2 heterocycles. The van der Waals surface area contributed by atoms with E-state index in [0.717, 1.165) is 11.3 Å². The third-order valence-electron chi connectivity index (χ3n) is 1.88. The average Bonchev–Trinajstić information content (AvgIpc) is 2.72. The number of hydrogen-bond donors (Lipinski definition) is 1. The van der Waals surface area contributed by atoms with Crippen LogP contribution in [-0.4, -0.2) is 16.1 Å². The van der Waals surface area contributed by atoms with Crippen LogP contribution >= 0.6 is 22.7 Å². The molecule has 0 radical (unpaired) electrons. The minimum Gasteiger partial charge on any atom is -0.481 e. The molecule has 2 aromatic rings. The molecule has 0 amide bonds. The van der Waals surface area contributed by atoms with Crippen molar-refractivity contribution < 1.29 is 9.90 Å². The Morgan fingerprint density at radius 1 is 1.47 bits per heavy atom. The minimum atomic E-state index is -0.836. The van der Waals surface area contributed by atoms with Crippen molar-refractivity contribution in [2.24, 2.45) is 0 Å². The molecule has 0 unspecified atom stereocenters. The van der Waals surface area contributed by atoms with E-state index < -0.39 is 5.97 Å². The fourth-order valence-corrected chi connectivity index (χ4v) is 2.72. The minimum absolute atomic E-state index is 0.00772. The lowest BCUT2D eigenvalue weighted by Crippen LogP contribution is -1.98. The fourth-order valence-electron chi connectivity index (χ4n) is 1.23. The third-order valence-corrected chi connectivity index (χ3v) is 3.59. The van der Waals surface area contributed by atoms with Gasteiger partial charge in [-0.3, -0.25) is 4.79 Å². The van der Waals surface area contributed by atoms with Crippen LogP contribution in [0.1, 0.15) is 9.88 Å². The standard InChI is InChI=1S/C10H9NO2S2/c1-6-2-7(4-14-6)8-5-15-9(11-8)3-10(12)13/h2,4-5H,3H2,1H3,(H,12,13). The maximum atomic E-state index is 10.5. The van der Waals surface area contributed by atoms with Crippen LogP contribution in [0.25, 0.3) is 11.3 Å². The largest absolute Gasteiger partial charge is 0.481 e. The zero-order valence-electron chi connectivity index (χ0n) is 8.06. The lowest BCUT2D eigenvalue weighted by Gasteiger charge is -1.89. The summed E-state index contributed by atoms with van der Waals surface area (Å²) < 4.78 is 0. The first-order valence-electron chi connectivity index (χ1n) is 4.37. The molecule has 3 nitrogen and oxygen atoms in total. The van der Waals surface area contributed by atoms with Crippen molar-refractivity contribution in [1.29, 1.82) is 0 Å². The van der Waals surface area contributed by atoms with E-state index in [-0.39, 0.29) is 6.42 Å². The Labute approximate surface area is 95.0 Å². The Morgan fingerprint density at radius 2 is 2.27 bits per heavy atom. The maximum absolute atomic E-state index is 10.5. The van der Waals surface area contributed by atoms with Crippen molar-refractivity contribution in [2.45, 2.75) is 13.3 Å². The quantitative estimate of drug-likeness (QED) is 0.896. The summed E-state index contributed by atoms with van der Waals surface area (Å²) in [6.07, 6.45) is 0.00772. The lowest BCUT2D eigenvalue weighted by molar-refractivity contribution is -0.136. The molecule has 0 saturated heterocycles. The molecule has 78 valence electrons. The molecule has 0 aliphatic rings. The second kappa shape index (κ2) is 4.12. The van der Waals surface area contributed by atoms with Crippen LogP contribution in [0, 0.1) is 6.92 Å². The van der Waals surface area contributed by atoms with E-state index in [1.54, 1.807) is 11.3 Å². The number of thiazole rings is 1. The molecule has 0 fully saturated rings. The van der Waals surface area contributed by atoms with Crippen LogP contribution in [0.3, 0.4) is 0 Å². The predicted octanol–water partition coefficient (Wildman–Crippen LogP) is 2.81. The molecule has 0 atom stereocenters. The van der Waals surface area contributed by atoms with Gasteiger partial charge in [-0.2, -0.15) is 0 Å². The number of carboxylic acid groups (broad SMARTS) is 1. The maximum Gasteiger partial charge on any atom is 0.310 e. The van der Waals surface area contributed by atoms with Gasteiger partial charge in [-0.1, -0.05) is 0 Å². The molecule has 0 bridgehead atoms. The normalized spacial score (nSPS) is 10.5. The number of carbonyl (C=O) groups is 1. The van der Waals surface area contributed by atoms with Crippen LogP contribution in [-0.2, 0) is 11.2 Å². The average molecular weight is 239 g/mol. The summed E-state index contributed by atoms with van der Waals surface area (Å²) in [5, 5.41) is 13.2. The number of thiophene rings is 1. The molecule has 1 N–H and O–H groups in total. The lowest BCUT2D eigenvalue weighted by atomic mass is 10.2. The summed E-state index contributed by atoms with van der Waals surface area (Å²) in [6.45, 7) is 2.04. The number of rotatable bonds is 3. The Morgan fingerprint density at radius 3 is 2.87 bits per heavy atom. The van der Waals surface area contributed by atoms with Crippen molar-refractivity contribution in [1.82, 2.24) is 4.98 Å². The van der Waals surface area contributed by atoms with Gasteiger partial charge in [0.25, 0.3) is 0 Å². The molecule has 0 saturated carbocycles. The van der Waals surface area contributed by atoms with E-state index in [1.807, 2.05) is 17.7 Å². The summed E-state index contributed by atoms with van der Waals surface area (Å²) in [4.78, 5) is 16.0. The summed E-state index contributed by atoms with van der Waals surface area (Å²) in [6, 6.07) is 2.06. The first-order chi connectivity index (χ1) is 7.15. The molecular weight excluding hydrogens is 230 g/mol. The third kappa shape index (κ3) is 2.43. The molecule has 0 aliphatic heterocycles. The van der Waals surface area contributed by atoms with Crippen LogP contribution in [0.4, 0.5) is 0 Å². The Kier molecular flexibility index (Phi) is 2.83. The number of aromatic nitrogens is 1. The van der Waals surface area contributed by atoms with Gasteiger partial charge < -0.3 is 5.11 Å². The molecule has 0 aromatic carbocycles. The summed E-state index contributed by atoms with van der Waals surface area (Å²) >= 11 is 3.07. The van der Waals surface area contributed by atoms with Crippen LogP contribution in [0.5, 0.6) is 0 Å². The van der Waals surface area contributed by atoms with Crippen LogP contribution in [0.15, 0.2) is 16.8 Å². The fraction of sp³-hybridized carbons (Fsp3) is 0.200. The zero-order valence-corrected chi connectivity index (χ0v) is 9.69. The van der Waals surface area contributed by atoms with Gasteiger partial charge in [-0.05, 0) is 13.0 Å². The van der Waals surface area contributed by atoms with Crippen molar-refractivity contribution in [3.05, 3.63) is 26.7 Å². The molecular formula is C10H9NO2S2. The monoisotopic (exact) mass is 239 g/mol. The Balaban J connectivity index is 2.23. The Bertz CT molecular complexity index is 487. The van der Waals surface area contributed by atoms with E-state index in [2.05, 4.69) is 11.1 Å². The van der Waals surface area contributed by atoms with E-state index >= 15 is 0 Å². The van der Waals surface area contributed by atoms with Gasteiger partial charge in [0.15, 0.2) is 0 Å². The number of aliphatic carboxylic acids is 1. The van der Waals surface area contributed by atoms with E-state index in [4.69, 9.17) is 5.11 Å². The molecule has 2 aromatic heterocycles. The summed E-state index contributed by atoms with van der Waals surface area (Å²) in [5.74, 6) is -0.836. The zero-order chi connectivity index (χ0) is 10.8. The number of aryl methyl sites for hydroxylation is 1. The molecule has 15 heavy (non-hydrogen) atoms. The second-order valence-electron chi connectivity index (χ2n) is 3.14. The van der Waals surface area contributed by atoms with Crippen LogP contribution < -0.4 is 0 Å². The molecule has 2 rings (SSSR count). The SMILES string of the molecule is Cc1cc(-c2csc(CC(=O)O)n2)cs1. The van der Waals surface area contributed by atoms with Gasteiger partial charge in [-0.15, -0.1) is 22.7 Å².